The molecule has 0 unspecified atom stereocenters. The molecule has 0 heterocycles. The summed E-state index contributed by atoms with van der Waals surface area (Å²) in [6.45, 7) is 3.94. The number of hydrogen-bond acceptors (Lipinski definition) is 4. The highest BCUT2D eigenvalue weighted by Crippen LogP contribution is 2.01. The zero-order valence-electron chi connectivity index (χ0n) is 9.27. The molecule has 0 aliphatic heterocycles. The van der Waals surface area contributed by atoms with E-state index in [0.29, 0.717) is 11.9 Å². The molecule has 0 fully saturated rings. The van der Waals surface area contributed by atoms with Crippen molar-refractivity contribution < 1.29 is 4.79 Å². The van der Waals surface area contributed by atoms with Gasteiger partial charge in [-0.2, -0.15) is 0 Å². The molecule has 0 aliphatic rings. The number of ketones is 1. The van der Waals surface area contributed by atoms with Gasteiger partial charge in [0.25, 0.3) is 0 Å². The molecule has 92 valence electrons. The van der Waals surface area contributed by atoms with Gasteiger partial charge in [0.1, 0.15) is 0 Å². The molecule has 2 nitrogen and oxygen atoms in total. The maximum atomic E-state index is 11.0. The molecular formula is C12H14BrNOS2. The minimum Gasteiger partial charge on any atom is -0.327 e. The summed E-state index contributed by atoms with van der Waals surface area (Å²) in [6, 6.07) is 9.23. The number of thiocarbonyl (C=S) groups is 2. The van der Waals surface area contributed by atoms with Gasteiger partial charge in [-0.15, -0.1) is 6.58 Å². The molecule has 1 aromatic carbocycles. The van der Waals surface area contributed by atoms with Crippen LogP contribution >= 0.6 is 40.4 Å². The van der Waals surface area contributed by atoms with Gasteiger partial charge < -0.3 is 5.73 Å². The number of Topliss-reactive ketones (excluding diaryl/α,β-unsaturated/α-hetero) is 1. The molecule has 0 amide bonds. The number of carbonyl (C=O) groups is 1. The normalized spacial score (nSPS) is 7.41. The average Bonchev–Trinajstić information content (AvgIpc) is 2.40. The zero-order valence-corrected chi connectivity index (χ0v) is 12.5. The second kappa shape index (κ2) is 15.3. The van der Waals surface area contributed by atoms with Crippen LogP contribution in [0.1, 0.15) is 10.4 Å². The molecule has 5 heteroatoms. The molecule has 0 aliphatic carbocycles. The van der Waals surface area contributed by atoms with E-state index >= 15 is 0 Å². The Bertz CT molecular complexity index is 349. The summed E-state index contributed by atoms with van der Waals surface area (Å²) in [7, 11) is 0. The topological polar surface area (TPSA) is 43.1 Å². The highest BCUT2D eigenvalue weighted by Gasteiger charge is 1.99. The third-order valence-corrected chi connectivity index (χ3v) is 1.89. The molecule has 0 atom stereocenters. The van der Waals surface area contributed by atoms with E-state index < -0.39 is 0 Å². The first-order chi connectivity index (χ1) is 8.17. The lowest BCUT2D eigenvalue weighted by Gasteiger charge is -1.92. The Labute approximate surface area is 121 Å². The van der Waals surface area contributed by atoms with Crippen LogP contribution in [0.2, 0.25) is 0 Å². The minimum absolute atomic E-state index is 0.126. The molecule has 0 aromatic heterocycles. The quantitative estimate of drug-likeness (QED) is 0.399. The van der Waals surface area contributed by atoms with Gasteiger partial charge in [0, 0.05) is 16.4 Å². The first-order valence-electron chi connectivity index (χ1n) is 4.62. The summed E-state index contributed by atoms with van der Waals surface area (Å²) in [5, 5.41) is 0.400. The van der Waals surface area contributed by atoms with Crippen LogP contribution in [-0.2, 0) is 0 Å². The van der Waals surface area contributed by atoms with Gasteiger partial charge in [0.2, 0.25) is 0 Å². The first kappa shape index (κ1) is 18.6. The van der Waals surface area contributed by atoms with E-state index in [-0.39, 0.29) is 5.78 Å². The predicted octanol–water partition coefficient (Wildman–Crippen LogP) is 3.41. The second-order valence-corrected chi connectivity index (χ2v) is 3.76. The predicted molar refractivity (Wildman–Crippen MR) is 84.0 cm³/mol. The SMILES string of the molecule is C=CCN.O=C(CBr)c1ccccc1.S=C=S. The number of alkyl halides is 1. The second-order valence-electron chi connectivity index (χ2n) is 2.53. The van der Waals surface area contributed by atoms with E-state index in [4.69, 9.17) is 5.73 Å². The van der Waals surface area contributed by atoms with E-state index in [1.807, 2.05) is 34.6 Å². The van der Waals surface area contributed by atoms with Crippen molar-refractivity contribution in [3.63, 3.8) is 0 Å². The third-order valence-electron chi connectivity index (χ3n) is 1.38. The molecule has 17 heavy (non-hydrogen) atoms. The minimum atomic E-state index is 0.126. The number of hydrogen-bond donors (Lipinski definition) is 1. The lowest BCUT2D eigenvalue weighted by Crippen LogP contribution is -1.98. The van der Waals surface area contributed by atoms with Gasteiger partial charge in [-0.05, 0) is 24.4 Å². The van der Waals surface area contributed by atoms with Crippen molar-refractivity contribution in [2.75, 3.05) is 11.9 Å². The molecular weight excluding hydrogens is 318 g/mol. The highest BCUT2D eigenvalue weighted by molar-refractivity contribution is 9.09. The molecule has 0 saturated heterocycles. The summed E-state index contributed by atoms with van der Waals surface area (Å²) in [4.78, 5) is 11.0. The Balaban J connectivity index is 0. The van der Waals surface area contributed by atoms with Gasteiger partial charge in [0.05, 0.1) is 5.33 Å². The van der Waals surface area contributed by atoms with Crippen molar-refractivity contribution in [3.05, 3.63) is 48.6 Å². The Morgan fingerprint density at radius 3 is 2.12 bits per heavy atom. The lowest BCUT2D eigenvalue weighted by atomic mass is 10.2. The smallest absolute Gasteiger partial charge is 0.173 e. The summed E-state index contributed by atoms with van der Waals surface area (Å²) in [5.41, 5.74) is 5.67. The van der Waals surface area contributed by atoms with Gasteiger partial charge in [-0.25, -0.2) is 0 Å². The average molecular weight is 332 g/mol. The van der Waals surface area contributed by atoms with Crippen LogP contribution in [0, 0.1) is 0 Å². The molecule has 1 aromatic rings. The van der Waals surface area contributed by atoms with Crippen molar-refractivity contribution in [1.82, 2.24) is 0 Å². The van der Waals surface area contributed by atoms with Crippen LogP contribution in [0.3, 0.4) is 0 Å². The highest BCUT2D eigenvalue weighted by atomic mass is 79.9. The summed E-state index contributed by atoms with van der Waals surface area (Å²) in [6.07, 6.45) is 1.65. The van der Waals surface area contributed by atoms with Crippen molar-refractivity contribution in [3.8, 4) is 0 Å². The number of nitrogens with two attached hydrogens (primary N) is 1. The van der Waals surface area contributed by atoms with Crippen molar-refractivity contribution >= 4 is 50.5 Å². The lowest BCUT2D eigenvalue weighted by molar-refractivity contribution is 0.102. The van der Waals surface area contributed by atoms with Gasteiger partial charge in [-0.3, -0.25) is 4.79 Å². The van der Waals surface area contributed by atoms with Crippen LogP contribution < -0.4 is 5.73 Å². The van der Waals surface area contributed by atoms with E-state index in [1.165, 1.54) is 0 Å². The Kier molecular flexibility index (Phi) is 16.8. The monoisotopic (exact) mass is 331 g/mol. The fraction of sp³-hybridized carbons (Fsp3) is 0.167. The van der Waals surface area contributed by atoms with E-state index in [1.54, 1.807) is 6.08 Å². The Morgan fingerprint density at radius 2 is 1.82 bits per heavy atom. The van der Waals surface area contributed by atoms with E-state index in [9.17, 15) is 4.79 Å². The molecule has 0 saturated carbocycles. The molecule has 0 spiro atoms. The molecule has 0 bridgehead atoms. The molecule has 0 radical (unpaired) electrons. The standard InChI is InChI=1S/C8H7BrO.C3H7N.CS2/c9-6-8(10)7-4-2-1-3-5-7;1-2-3-4;2-1-3/h1-5H,6H2;2H,1,3-4H2;. The van der Waals surface area contributed by atoms with Crippen LogP contribution in [0.15, 0.2) is 43.0 Å². The van der Waals surface area contributed by atoms with E-state index in [2.05, 4.69) is 46.9 Å². The molecule has 2 N–H and O–H groups in total. The summed E-state index contributed by atoms with van der Waals surface area (Å²) >= 11 is 11.0. The van der Waals surface area contributed by atoms with Gasteiger partial charge in [-0.1, -0.05) is 52.3 Å². The third kappa shape index (κ3) is 13.2. The van der Waals surface area contributed by atoms with Crippen LogP contribution in [0.25, 0.3) is 0 Å². The summed E-state index contributed by atoms with van der Waals surface area (Å²) < 4.78 is 1.92. The fourth-order valence-corrected chi connectivity index (χ4v) is 1.02. The number of halogens is 1. The zero-order chi connectivity index (χ0) is 13.5. The largest absolute Gasteiger partial charge is 0.327 e. The molecule has 1 rings (SSSR count). The summed E-state index contributed by atoms with van der Waals surface area (Å²) in [5.74, 6) is 0.126. The van der Waals surface area contributed by atoms with Gasteiger partial charge in [0.15, 0.2) is 5.78 Å². The number of benzene rings is 1. The van der Waals surface area contributed by atoms with Crippen LogP contribution in [0.4, 0.5) is 0 Å². The van der Waals surface area contributed by atoms with Crippen LogP contribution in [0.5, 0.6) is 0 Å². The van der Waals surface area contributed by atoms with Crippen molar-refractivity contribution in [2.24, 2.45) is 5.73 Å². The fourth-order valence-electron chi connectivity index (χ4n) is 0.701. The van der Waals surface area contributed by atoms with Crippen molar-refractivity contribution in [1.29, 1.82) is 0 Å². The number of rotatable bonds is 3. The Hall–Kier alpha value is -0.710. The van der Waals surface area contributed by atoms with Crippen LogP contribution in [-0.4, -0.2) is 22.0 Å². The first-order valence-corrected chi connectivity index (χ1v) is 6.56. The van der Waals surface area contributed by atoms with E-state index in [0.717, 1.165) is 5.56 Å². The number of carbonyl (C=O) groups excluding carboxylic acids is 1. The van der Waals surface area contributed by atoms with Gasteiger partial charge >= 0.3 is 0 Å². The maximum absolute atomic E-state index is 11.0. The Morgan fingerprint density at radius 1 is 1.41 bits per heavy atom. The maximum Gasteiger partial charge on any atom is 0.173 e. The van der Waals surface area contributed by atoms with Crippen molar-refractivity contribution in [2.45, 2.75) is 0 Å².